The molecule has 0 fully saturated rings. The Morgan fingerprint density at radius 1 is 0.861 bits per heavy atom. The number of hydrogen-bond donors (Lipinski definition) is 2. The van der Waals surface area contributed by atoms with E-state index in [-0.39, 0.29) is 17.6 Å². The molecule has 0 bridgehead atoms. The van der Waals surface area contributed by atoms with Gasteiger partial charge >= 0.3 is 0 Å². The van der Waals surface area contributed by atoms with Gasteiger partial charge < -0.3 is 19.8 Å². The molecule has 0 aliphatic carbocycles. The number of furan rings is 1. The lowest BCUT2D eigenvalue weighted by atomic mass is 10.1. The molecule has 7 heteroatoms. The highest BCUT2D eigenvalue weighted by Crippen LogP contribution is 2.37. The van der Waals surface area contributed by atoms with Crippen molar-refractivity contribution < 1.29 is 18.7 Å². The molecular formula is C29H28N2O4S. The van der Waals surface area contributed by atoms with Crippen molar-refractivity contribution in [3.8, 4) is 5.75 Å². The number of nitrogens with one attached hydrogen (secondary N) is 2. The lowest BCUT2D eigenvalue weighted by Crippen LogP contribution is -2.19. The van der Waals surface area contributed by atoms with E-state index < -0.39 is 5.25 Å². The molecule has 4 rings (SSSR count). The number of thioether (sulfide) groups is 1. The molecule has 2 N–H and O–H groups in total. The van der Waals surface area contributed by atoms with Crippen LogP contribution in [-0.2, 0) is 4.79 Å². The van der Waals surface area contributed by atoms with Crippen molar-refractivity contribution in [2.75, 3.05) is 17.2 Å². The highest BCUT2D eigenvalue weighted by molar-refractivity contribution is 8.00. The Morgan fingerprint density at radius 2 is 1.56 bits per heavy atom. The molecular weight excluding hydrogens is 472 g/mol. The normalized spacial score (nSPS) is 11.5. The average molecular weight is 501 g/mol. The summed E-state index contributed by atoms with van der Waals surface area (Å²) in [7, 11) is 0. The Kier molecular flexibility index (Phi) is 8.83. The van der Waals surface area contributed by atoms with Gasteiger partial charge in [0.2, 0.25) is 5.91 Å². The molecule has 4 aromatic rings. The first kappa shape index (κ1) is 25.1. The van der Waals surface area contributed by atoms with Gasteiger partial charge in [0.1, 0.15) is 11.0 Å². The number of carbonyl (C=O) groups excluding carboxylic acids is 2. The first-order valence-electron chi connectivity index (χ1n) is 11.8. The number of unbranched alkanes of at least 4 members (excludes halogenated alkanes) is 1. The molecule has 1 atom stereocenters. The first-order chi connectivity index (χ1) is 17.6. The van der Waals surface area contributed by atoms with Crippen LogP contribution in [-0.4, -0.2) is 18.4 Å². The highest BCUT2D eigenvalue weighted by atomic mass is 32.2. The molecule has 0 aliphatic rings. The topological polar surface area (TPSA) is 80.6 Å². The zero-order chi connectivity index (χ0) is 25.2. The Balaban J connectivity index is 1.43. The van der Waals surface area contributed by atoms with Crippen molar-refractivity contribution in [1.29, 1.82) is 0 Å². The molecule has 0 spiro atoms. The number of amides is 2. The SMILES string of the molecule is CCCCOc1ccc(NC(=O)C(Sc2ccc(NC(=O)c3ccco3)cc2)c2ccccc2)cc1. The van der Waals surface area contributed by atoms with E-state index in [0.717, 1.165) is 29.1 Å². The standard InChI is InChI=1S/C29H28N2O4S/c1-2-3-19-34-24-15-11-22(12-16-24)31-29(33)27(21-8-5-4-6-9-21)36-25-17-13-23(14-18-25)30-28(32)26-10-7-20-35-26/h4-18,20,27H,2-3,19H2,1H3,(H,30,32)(H,31,33). The monoisotopic (exact) mass is 500 g/mol. The average Bonchev–Trinajstić information content (AvgIpc) is 3.45. The van der Waals surface area contributed by atoms with Crippen molar-refractivity contribution in [1.82, 2.24) is 0 Å². The molecule has 184 valence electrons. The van der Waals surface area contributed by atoms with Crippen LogP contribution in [0.1, 0.15) is 41.1 Å². The molecule has 1 aromatic heterocycles. The van der Waals surface area contributed by atoms with Crippen molar-refractivity contribution >= 4 is 35.0 Å². The van der Waals surface area contributed by atoms with Crippen molar-refractivity contribution in [2.24, 2.45) is 0 Å². The van der Waals surface area contributed by atoms with Crippen LogP contribution < -0.4 is 15.4 Å². The molecule has 0 saturated carbocycles. The minimum absolute atomic E-state index is 0.124. The Labute approximate surface area is 215 Å². The molecule has 0 radical (unpaired) electrons. The van der Waals surface area contributed by atoms with Crippen LogP contribution in [0.4, 0.5) is 11.4 Å². The second kappa shape index (κ2) is 12.7. The summed E-state index contributed by atoms with van der Waals surface area (Å²) < 4.78 is 10.8. The predicted molar refractivity (Wildman–Crippen MR) is 144 cm³/mol. The Bertz CT molecular complexity index is 1240. The number of ether oxygens (including phenoxy) is 1. The van der Waals surface area contributed by atoms with Crippen LogP contribution >= 0.6 is 11.8 Å². The minimum atomic E-state index is -0.463. The maximum Gasteiger partial charge on any atom is 0.291 e. The zero-order valence-electron chi connectivity index (χ0n) is 20.0. The molecule has 0 aliphatic heterocycles. The van der Waals surface area contributed by atoms with Crippen LogP contribution in [0.2, 0.25) is 0 Å². The zero-order valence-corrected chi connectivity index (χ0v) is 20.8. The van der Waals surface area contributed by atoms with E-state index in [0.29, 0.717) is 18.0 Å². The fourth-order valence-electron chi connectivity index (χ4n) is 3.43. The molecule has 36 heavy (non-hydrogen) atoms. The Morgan fingerprint density at radius 3 is 2.22 bits per heavy atom. The van der Waals surface area contributed by atoms with Crippen LogP contribution in [0.15, 0.2) is 107 Å². The van der Waals surface area contributed by atoms with E-state index in [2.05, 4.69) is 17.6 Å². The Hall–Kier alpha value is -3.97. The third-order valence-corrected chi connectivity index (χ3v) is 6.61. The molecule has 2 amide bonds. The van der Waals surface area contributed by atoms with Gasteiger partial charge in [0.25, 0.3) is 5.91 Å². The minimum Gasteiger partial charge on any atom is -0.494 e. The fourth-order valence-corrected chi connectivity index (χ4v) is 4.46. The predicted octanol–water partition coefficient (Wildman–Crippen LogP) is 7.18. The maximum absolute atomic E-state index is 13.3. The second-order valence-corrected chi connectivity index (χ2v) is 9.26. The summed E-state index contributed by atoms with van der Waals surface area (Å²) in [6.07, 6.45) is 3.54. The summed E-state index contributed by atoms with van der Waals surface area (Å²) in [6.45, 7) is 2.80. The molecule has 0 saturated heterocycles. The van der Waals surface area contributed by atoms with Gasteiger partial charge in [0, 0.05) is 16.3 Å². The van der Waals surface area contributed by atoms with Crippen molar-refractivity contribution in [2.45, 2.75) is 29.9 Å². The number of rotatable bonds is 11. The number of benzene rings is 3. The van der Waals surface area contributed by atoms with Gasteiger partial charge in [-0.25, -0.2) is 0 Å². The van der Waals surface area contributed by atoms with E-state index in [1.807, 2.05) is 66.7 Å². The quantitative estimate of drug-likeness (QED) is 0.168. The summed E-state index contributed by atoms with van der Waals surface area (Å²) in [6, 6.07) is 27.7. The molecule has 6 nitrogen and oxygen atoms in total. The third-order valence-electron chi connectivity index (χ3n) is 5.34. The van der Waals surface area contributed by atoms with E-state index >= 15 is 0 Å². The summed E-state index contributed by atoms with van der Waals surface area (Å²) in [4.78, 5) is 26.4. The van der Waals surface area contributed by atoms with E-state index in [1.54, 1.807) is 24.3 Å². The first-order valence-corrected chi connectivity index (χ1v) is 12.7. The van der Waals surface area contributed by atoms with Gasteiger partial charge in [0.05, 0.1) is 12.9 Å². The van der Waals surface area contributed by atoms with Crippen molar-refractivity contribution in [3.05, 3.63) is 109 Å². The van der Waals surface area contributed by atoms with Crippen LogP contribution in [0.3, 0.4) is 0 Å². The second-order valence-electron chi connectivity index (χ2n) is 8.08. The van der Waals surface area contributed by atoms with Crippen LogP contribution in [0.5, 0.6) is 5.75 Å². The lowest BCUT2D eigenvalue weighted by molar-refractivity contribution is -0.115. The highest BCUT2D eigenvalue weighted by Gasteiger charge is 2.22. The van der Waals surface area contributed by atoms with Gasteiger partial charge in [0.15, 0.2) is 5.76 Å². The fraction of sp³-hybridized carbons (Fsp3) is 0.172. The summed E-state index contributed by atoms with van der Waals surface area (Å²) in [5.74, 6) is 0.592. The smallest absolute Gasteiger partial charge is 0.291 e. The largest absolute Gasteiger partial charge is 0.494 e. The van der Waals surface area contributed by atoms with Gasteiger partial charge in [-0.1, -0.05) is 43.7 Å². The summed E-state index contributed by atoms with van der Waals surface area (Å²) in [5.41, 5.74) is 2.25. The summed E-state index contributed by atoms with van der Waals surface area (Å²) in [5, 5.41) is 5.36. The molecule has 1 unspecified atom stereocenters. The van der Waals surface area contributed by atoms with Crippen LogP contribution in [0, 0.1) is 0 Å². The number of anilines is 2. The van der Waals surface area contributed by atoms with E-state index in [1.165, 1.54) is 18.0 Å². The third kappa shape index (κ3) is 7.02. The van der Waals surface area contributed by atoms with Crippen molar-refractivity contribution in [3.63, 3.8) is 0 Å². The summed E-state index contributed by atoms with van der Waals surface area (Å²) >= 11 is 1.44. The van der Waals surface area contributed by atoms with Gasteiger partial charge in [-0.05, 0) is 72.6 Å². The maximum atomic E-state index is 13.3. The molecule has 1 heterocycles. The molecule has 3 aromatic carbocycles. The lowest BCUT2D eigenvalue weighted by Gasteiger charge is -2.17. The van der Waals surface area contributed by atoms with Gasteiger partial charge in [-0.2, -0.15) is 0 Å². The number of hydrogen-bond acceptors (Lipinski definition) is 5. The van der Waals surface area contributed by atoms with E-state index in [9.17, 15) is 9.59 Å². The van der Waals surface area contributed by atoms with Crippen LogP contribution in [0.25, 0.3) is 0 Å². The van der Waals surface area contributed by atoms with Gasteiger partial charge in [-0.15, -0.1) is 11.8 Å². The van der Waals surface area contributed by atoms with Gasteiger partial charge in [-0.3, -0.25) is 9.59 Å². The number of carbonyl (C=O) groups is 2. The van der Waals surface area contributed by atoms with E-state index in [4.69, 9.17) is 9.15 Å².